The molecule has 4 rings (SSSR count). The highest BCUT2D eigenvalue weighted by Gasteiger charge is 2.31. The first-order valence-corrected chi connectivity index (χ1v) is 12.4. The summed E-state index contributed by atoms with van der Waals surface area (Å²) in [6.07, 6.45) is 0.853. The number of esters is 1. The Kier molecular flexibility index (Phi) is 7.51. The molecule has 7 nitrogen and oxygen atoms in total. The number of hydrogen-bond donors (Lipinski definition) is 1. The Balaban J connectivity index is 1.62. The van der Waals surface area contributed by atoms with Crippen LogP contribution in [0.4, 0.5) is 5.00 Å². The standard InChI is InChI=1S/C27H28N2O5S/c1-4-34-27(32)25-22(19-9-11-20(33-3)12-10-19)16-35-26(25)28-24(31)15-23-21-8-6-5-7-18(21)13-14-29(23)17(2)30/h5-12,16,23H,4,13-15H2,1-3H3,(H,28,31). The number of ether oxygens (including phenoxy) is 2. The maximum Gasteiger partial charge on any atom is 0.341 e. The van der Waals surface area contributed by atoms with Crippen molar-refractivity contribution in [2.75, 3.05) is 25.6 Å². The highest BCUT2D eigenvalue weighted by molar-refractivity contribution is 7.15. The van der Waals surface area contributed by atoms with Gasteiger partial charge in [-0.3, -0.25) is 9.59 Å². The maximum atomic E-state index is 13.2. The average molecular weight is 493 g/mol. The van der Waals surface area contributed by atoms with Gasteiger partial charge in [-0.25, -0.2) is 4.79 Å². The van der Waals surface area contributed by atoms with Crippen LogP contribution in [0.5, 0.6) is 5.75 Å². The number of rotatable bonds is 7. The monoisotopic (exact) mass is 492 g/mol. The van der Waals surface area contributed by atoms with Crippen molar-refractivity contribution in [1.29, 1.82) is 0 Å². The van der Waals surface area contributed by atoms with E-state index >= 15 is 0 Å². The quantitative estimate of drug-likeness (QED) is 0.465. The molecule has 2 heterocycles. The first-order valence-electron chi connectivity index (χ1n) is 11.5. The Hall–Kier alpha value is -3.65. The van der Waals surface area contributed by atoms with E-state index in [-0.39, 0.29) is 30.9 Å². The van der Waals surface area contributed by atoms with Crippen LogP contribution in [-0.4, -0.2) is 42.9 Å². The fourth-order valence-corrected chi connectivity index (χ4v) is 5.41. The normalized spacial score (nSPS) is 14.7. The molecule has 0 fully saturated rings. The molecule has 1 aliphatic heterocycles. The molecule has 35 heavy (non-hydrogen) atoms. The summed E-state index contributed by atoms with van der Waals surface area (Å²) in [6.45, 7) is 4.06. The minimum Gasteiger partial charge on any atom is -0.497 e. The minimum atomic E-state index is -0.497. The zero-order chi connectivity index (χ0) is 24.9. The van der Waals surface area contributed by atoms with E-state index in [1.807, 2.05) is 53.9 Å². The highest BCUT2D eigenvalue weighted by atomic mass is 32.1. The molecule has 0 saturated heterocycles. The molecule has 0 bridgehead atoms. The molecule has 0 aliphatic carbocycles. The number of thiophene rings is 1. The van der Waals surface area contributed by atoms with Gasteiger partial charge in [0.05, 0.1) is 26.2 Å². The highest BCUT2D eigenvalue weighted by Crippen LogP contribution is 2.38. The third-order valence-corrected chi connectivity index (χ3v) is 7.02. The Morgan fingerprint density at radius 1 is 1.11 bits per heavy atom. The fourth-order valence-electron chi connectivity index (χ4n) is 4.44. The Labute approximate surface area is 208 Å². The van der Waals surface area contributed by atoms with E-state index in [2.05, 4.69) is 5.32 Å². The second-order valence-corrected chi connectivity index (χ2v) is 9.11. The maximum absolute atomic E-state index is 13.2. The predicted octanol–water partition coefficient (Wildman–Crippen LogP) is 5.07. The van der Waals surface area contributed by atoms with Gasteiger partial charge in [-0.15, -0.1) is 11.3 Å². The molecule has 0 radical (unpaired) electrons. The van der Waals surface area contributed by atoms with Crippen molar-refractivity contribution in [2.45, 2.75) is 32.7 Å². The number of amides is 2. The van der Waals surface area contributed by atoms with Crippen molar-refractivity contribution < 1.29 is 23.9 Å². The van der Waals surface area contributed by atoms with Crippen LogP contribution in [0.2, 0.25) is 0 Å². The van der Waals surface area contributed by atoms with Gasteiger partial charge in [-0.1, -0.05) is 36.4 Å². The molecule has 0 spiro atoms. The Bertz CT molecular complexity index is 1230. The summed E-state index contributed by atoms with van der Waals surface area (Å²) >= 11 is 1.27. The number of methoxy groups -OCH3 is 1. The molecular weight excluding hydrogens is 464 g/mol. The summed E-state index contributed by atoms with van der Waals surface area (Å²) < 4.78 is 10.5. The number of hydrogen-bond acceptors (Lipinski definition) is 6. The van der Waals surface area contributed by atoms with E-state index in [1.165, 1.54) is 18.3 Å². The molecular formula is C27H28N2O5S. The van der Waals surface area contributed by atoms with Crippen LogP contribution in [0.25, 0.3) is 11.1 Å². The molecule has 3 aromatic rings. The third kappa shape index (κ3) is 5.22. The predicted molar refractivity (Wildman–Crippen MR) is 136 cm³/mol. The lowest BCUT2D eigenvalue weighted by molar-refractivity contribution is -0.132. The van der Waals surface area contributed by atoms with Gasteiger partial charge in [0.25, 0.3) is 0 Å². The van der Waals surface area contributed by atoms with Gasteiger partial charge in [0, 0.05) is 24.4 Å². The molecule has 1 unspecified atom stereocenters. The van der Waals surface area contributed by atoms with E-state index in [1.54, 1.807) is 18.9 Å². The van der Waals surface area contributed by atoms with Gasteiger partial charge in [-0.05, 0) is 42.2 Å². The van der Waals surface area contributed by atoms with Crippen molar-refractivity contribution >= 4 is 34.1 Å². The lowest BCUT2D eigenvalue weighted by atomic mass is 9.90. The Morgan fingerprint density at radius 2 is 1.86 bits per heavy atom. The van der Waals surface area contributed by atoms with Gasteiger partial charge in [0.2, 0.25) is 11.8 Å². The number of nitrogens with one attached hydrogen (secondary N) is 1. The first kappa shape index (κ1) is 24.5. The second-order valence-electron chi connectivity index (χ2n) is 8.23. The molecule has 1 N–H and O–H groups in total. The van der Waals surface area contributed by atoms with E-state index in [0.29, 0.717) is 28.4 Å². The van der Waals surface area contributed by atoms with Crippen LogP contribution in [0.3, 0.4) is 0 Å². The van der Waals surface area contributed by atoms with Crippen LogP contribution in [-0.2, 0) is 20.7 Å². The number of anilines is 1. The zero-order valence-electron chi connectivity index (χ0n) is 20.0. The topological polar surface area (TPSA) is 84.9 Å². The largest absolute Gasteiger partial charge is 0.497 e. The lowest BCUT2D eigenvalue weighted by Crippen LogP contribution is -2.40. The van der Waals surface area contributed by atoms with Gasteiger partial charge in [0.15, 0.2) is 0 Å². The van der Waals surface area contributed by atoms with E-state index in [9.17, 15) is 14.4 Å². The summed E-state index contributed by atoms with van der Waals surface area (Å²) in [5.41, 5.74) is 3.95. The molecule has 2 amide bonds. The second kappa shape index (κ2) is 10.7. The van der Waals surface area contributed by atoms with E-state index in [4.69, 9.17) is 9.47 Å². The van der Waals surface area contributed by atoms with Crippen LogP contribution in [0.15, 0.2) is 53.9 Å². The fraction of sp³-hybridized carbons (Fsp3) is 0.296. The van der Waals surface area contributed by atoms with Gasteiger partial charge in [0.1, 0.15) is 16.3 Å². The SMILES string of the molecule is CCOC(=O)c1c(-c2ccc(OC)cc2)csc1NC(=O)CC1c2ccccc2CCN1C(C)=O. The Morgan fingerprint density at radius 3 is 2.54 bits per heavy atom. The van der Waals surface area contributed by atoms with E-state index in [0.717, 1.165) is 23.1 Å². The number of carbonyl (C=O) groups excluding carboxylic acids is 3. The molecule has 1 aromatic heterocycles. The third-order valence-electron chi connectivity index (χ3n) is 6.12. The molecule has 8 heteroatoms. The number of nitrogens with zero attached hydrogens (tertiary/aromatic N) is 1. The number of fused-ring (bicyclic) bond motifs is 1. The number of benzene rings is 2. The lowest BCUT2D eigenvalue weighted by Gasteiger charge is -2.36. The van der Waals surface area contributed by atoms with Crippen LogP contribution < -0.4 is 10.1 Å². The summed E-state index contributed by atoms with van der Waals surface area (Å²) in [5, 5.41) is 5.18. The summed E-state index contributed by atoms with van der Waals surface area (Å²) in [6, 6.07) is 14.9. The molecule has 0 saturated carbocycles. The van der Waals surface area contributed by atoms with Crippen molar-refractivity contribution in [1.82, 2.24) is 4.90 Å². The smallest absolute Gasteiger partial charge is 0.341 e. The van der Waals surface area contributed by atoms with Crippen LogP contribution in [0.1, 0.15) is 47.8 Å². The number of carbonyl (C=O) groups is 3. The average Bonchev–Trinajstić information content (AvgIpc) is 3.27. The van der Waals surface area contributed by atoms with Crippen molar-refractivity contribution in [3.63, 3.8) is 0 Å². The molecule has 1 atom stereocenters. The zero-order valence-corrected chi connectivity index (χ0v) is 20.8. The van der Waals surface area contributed by atoms with Crippen molar-refractivity contribution in [2.24, 2.45) is 0 Å². The first-order chi connectivity index (χ1) is 16.9. The molecule has 1 aliphatic rings. The van der Waals surface area contributed by atoms with Crippen molar-refractivity contribution in [3.8, 4) is 16.9 Å². The van der Waals surface area contributed by atoms with Crippen LogP contribution in [0, 0.1) is 0 Å². The van der Waals surface area contributed by atoms with Gasteiger partial charge >= 0.3 is 5.97 Å². The van der Waals surface area contributed by atoms with Crippen molar-refractivity contribution in [3.05, 3.63) is 70.6 Å². The minimum absolute atomic E-state index is 0.0672. The summed E-state index contributed by atoms with van der Waals surface area (Å²) in [5.74, 6) is -0.129. The molecule has 2 aromatic carbocycles. The van der Waals surface area contributed by atoms with E-state index < -0.39 is 5.97 Å². The molecule has 182 valence electrons. The van der Waals surface area contributed by atoms with Crippen LogP contribution >= 0.6 is 11.3 Å². The summed E-state index contributed by atoms with van der Waals surface area (Å²) in [4.78, 5) is 40.1. The van der Waals surface area contributed by atoms with Gasteiger partial charge in [-0.2, -0.15) is 0 Å². The van der Waals surface area contributed by atoms with Gasteiger partial charge < -0.3 is 19.7 Å². The summed E-state index contributed by atoms with van der Waals surface area (Å²) in [7, 11) is 1.59.